The summed E-state index contributed by atoms with van der Waals surface area (Å²) in [6, 6.07) is 13.5. The zero-order valence-corrected chi connectivity index (χ0v) is 17.2. The molecular weight excluding hydrogens is 396 g/mol. The van der Waals surface area contributed by atoms with Crippen LogP contribution < -0.4 is 4.74 Å². The first-order valence-corrected chi connectivity index (χ1v) is 10.4. The smallest absolute Gasteiger partial charge is 0.272 e. The van der Waals surface area contributed by atoms with Crippen LogP contribution in [-0.4, -0.2) is 70.4 Å². The first-order chi connectivity index (χ1) is 15.2. The number of aromatic nitrogens is 3. The van der Waals surface area contributed by atoms with E-state index in [0.29, 0.717) is 43.4 Å². The molecule has 2 saturated heterocycles. The van der Waals surface area contributed by atoms with E-state index in [1.165, 1.54) is 0 Å². The van der Waals surface area contributed by atoms with Gasteiger partial charge < -0.3 is 24.1 Å². The third-order valence-electron chi connectivity index (χ3n) is 5.58. The normalized spacial score (nSPS) is 21.5. The molecule has 4 heterocycles. The number of pyridine rings is 1. The van der Waals surface area contributed by atoms with Gasteiger partial charge in [0.1, 0.15) is 35.4 Å². The monoisotopic (exact) mass is 420 g/mol. The van der Waals surface area contributed by atoms with Crippen LogP contribution in [0.4, 0.5) is 0 Å². The lowest BCUT2D eigenvalue weighted by molar-refractivity contribution is -0.00461. The Morgan fingerprint density at radius 1 is 1.06 bits per heavy atom. The number of amides is 1. The topological polar surface area (TPSA) is 89.6 Å². The molecule has 0 spiro atoms. The molecular formula is C23H24N4O4. The number of rotatable bonds is 4. The van der Waals surface area contributed by atoms with E-state index in [4.69, 9.17) is 14.2 Å². The predicted molar refractivity (Wildman–Crippen MR) is 113 cm³/mol. The highest BCUT2D eigenvalue weighted by Crippen LogP contribution is 2.26. The number of likely N-dealkylation sites (tertiary alicyclic amines) is 1. The standard InChI is InChI=1S/C23H24N4O4/c1-15-7-8-17(9-24-15)31-18-12-29-19-10-27(11-20(19)30-13-18)23(28)22-21(25-14-26-22)16-5-3-2-4-6-16/h2-9,14,18-20H,10-13H2,1H3,(H,25,26)/t19-,20-/m0/s1. The maximum atomic E-state index is 13.2. The number of hydrogen-bond acceptors (Lipinski definition) is 6. The van der Waals surface area contributed by atoms with Gasteiger partial charge in [0.15, 0.2) is 0 Å². The summed E-state index contributed by atoms with van der Waals surface area (Å²) in [4.78, 5) is 26.5. The van der Waals surface area contributed by atoms with E-state index in [1.54, 1.807) is 17.4 Å². The maximum absolute atomic E-state index is 13.2. The van der Waals surface area contributed by atoms with Crippen molar-refractivity contribution in [2.24, 2.45) is 0 Å². The van der Waals surface area contributed by atoms with Crippen molar-refractivity contribution in [2.45, 2.75) is 25.2 Å². The summed E-state index contributed by atoms with van der Waals surface area (Å²) >= 11 is 0. The van der Waals surface area contributed by atoms with Crippen LogP contribution in [0.25, 0.3) is 11.3 Å². The molecule has 3 aromatic rings. The van der Waals surface area contributed by atoms with Crippen molar-refractivity contribution in [3.8, 4) is 17.0 Å². The molecule has 1 N–H and O–H groups in total. The number of carbonyl (C=O) groups is 1. The van der Waals surface area contributed by atoms with Gasteiger partial charge in [-0.15, -0.1) is 0 Å². The van der Waals surface area contributed by atoms with Gasteiger partial charge in [0.2, 0.25) is 0 Å². The van der Waals surface area contributed by atoms with Crippen molar-refractivity contribution in [1.29, 1.82) is 0 Å². The molecule has 5 rings (SSSR count). The number of carbonyl (C=O) groups excluding carboxylic acids is 1. The number of fused-ring (bicyclic) bond motifs is 1. The number of nitrogens with one attached hydrogen (secondary N) is 1. The average Bonchev–Trinajstić information content (AvgIpc) is 3.41. The van der Waals surface area contributed by atoms with Gasteiger partial charge in [-0.3, -0.25) is 9.78 Å². The highest BCUT2D eigenvalue weighted by atomic mass is 16.6. The van der Waals surface area contributed by atoms with Crippen LogP contribution in [0.3, 0.4) is 0 Å². The minimum absolute atomic E-state index is 0.102. The van der Waals surface area contributed by atoms with Crippen LogP contribution >= 0.6 is 0 Å². The van der Waals surface area contributed by atoms with E-state index in [2.05, 4.69) is 15.0 Å². The second-order valence-corrected chi connectivity index (χ2v) is 7.82. The van der Waals surface area contributed by atoms with Crippen LogP contribution in [0, 0.1) is 6.92 Å². The lowest BCUT2D eigenvalue weighted by Crippen LogP contribution is -2.33. The number of benzene rings is 1. The Kier molecular flexibility index (Phi) is 5.40. The SMILES string of the molecule is Cc1ccc(OC2CO[C@H]3CN(C(=O)c4[nH]cnc4-c4ccccc4)C[C@@H]3OC2)cn1. The van der Waals surface area contributed by atoms with Gasteiger partial charge >= 0.3 is 0 Å². The van der Waals surface area contributed by atoms with E-state index >= 15 is 0 Å². The lowest BCUT2D eigenvalue weighted by Gasteiger charge is -2.19. The largest absolute Gasteiger partial charge is 0.484 e. The van der Waals surface area contributed by atoms with Gasteiger partial charge in [-0.1, -0.05) is 30.3 Å². The second-order valence-electron chi connectivity index (χ2n) is 7.82. The van der Waals surface area contributed by atoms with Crippen molar-refractivity contribution in [3.63, 3.8) is 0 Å². The van der Waals surface area contributed by atoms with Crippen LogP contribution in [0.2, 0.25) is 0 Å². The van der Waals surface area contributed by atoms with E-state index in [1.807, 2.05) is 49.4 Å². The van der Waals surface area contributed by atoms with Gasteiger partial charge in [0.05, 0.1) is 25.7 Å². The Bertz CT molecular complexity index is 1020. The Morgan fingerprint density at radius 3 is 2.48 bits per heavy atom. The molecule has 1 amide bonds. The summed E-state index contributed by atoms with van der Waals surface area (Å²) in [5.74, 6) is 0.592. The van der Waals surface area contributed by atoms with Gasteiger partial charge in [-0.25, -0.2) is 4.98 Å². The van der Waals surface area contributed by atoms with Crippen LogP contribution in [0.5, 0.6) is 5.75 Å². The number of aryl methyl sites for hydroxylation is 1. The summed E-state index contributed by atoms with van der Waals surface area (Å²) in [6.07, 6.45) is 2.68. The molecule has 31 heavy (non-hydrogen) atoms. The highest BCUT2D eigenvalue weighted by molar-refractivity contribution is 5.98. The Morgan fingerprint density at radius 2 is 1.81 bits per heavy atom. The van der Waals surface area contributed by atoms with Crippen molar-refractivity contribution < 1.29 is 19.0 Å². The van der Waals surface area contributed by atoms with Crippen molar-refractivity contribution in [1.82, 2.24) is 19.9 Å². The summed E-state index contributed by atoms with van der Waals surface area (Å²) in [6.45, 7) is 3.67. The quantitative estimate of drug-likeness (QED) is 0.698. The lowest BCUT2D eigenvalue weighted by atomic mass is 10.1. The summed E-state index contributed by atoms with van der Waals surface area (Å²) in [5.41, 5.74) is 2.97. The molecule has 2 fully saturated rings. The predicted octanol–water partition coefficient (Wildman–Crippen LogP) is 2.47. The summed E-state index contributed by atoms with van der Waals surface area (Å²) in [5, 5.41) is 0. The van der Waals surface area contributed by atoms with Gasteiger partial charge in [-0.05, 0) is 19.1 Å². The first kappa shape index (κ1) is 19.7. The van der Waals surface area contributed by atoms with Crippen molar-refractivity contribution >= 4 is 5.91 Å². The molecule has 8 heteroatoms. The molecule has 0 unspecified atom stereocenters. The molecule has 8 nitrogen and oxygen atoms in total. The average molecular weight is 420 g/mol. The molecule has 2 aliphatic rings. The fourth-order valence-electron chi connectivity index (χ4n) is 3.95. The molecule has 0 radical (unpaired) electrons. The molecule has 2 aliphatic heterocycles. The number of hydrogen-bond donors (Lipinski definition) is 1. The fraction of sp³-hybridized carbons (Fsp3) is 0.348. The zero-order valence-electron chi connectivity index (χ0n) is 17.2. The van der Waals surface area contributed by atoms with Crippen LogP contribution in [0.1, 0.15) is 16.2 Å². The van der Waals surface area contributed by atoms with Gasteiger partial charge in [0.25, 0.3) is 5.91 Å². The Balaban J connectivity index is 1.22. The minimum atomic E-state index is -0.212. The van der Waals surface area contributed by atoms with Crippen LogP contribution in [-0.2, 0) is 9.47 Å². The molecule has 1 aromatic carbocycles. The zero-order chi connectivity index (χ0) is 21.2. The van der Waals surface area contributed by atoms with Crippen molar-refractivity contribution in [3.05, 3.63) is 66.4 Å². The van der Waals surface area contributed by atoms with E-state index in [0.717, 1.165) is 11.3 Å². The Labute approximate surface area is 180 Å². The highest BCUT2D eigenvalue weighted by Gasteiger charge is 2.40. The number of imidazole rings is 1. The second kappa shape index (κ2) is 8.49. The molecule has 2 atom stereocenters. The minimum Gasteiger partial charge on any atom is -0.484 e. The van der Waals surface area contributed by atoms with Gasteiger partial charge in [-0.2, -0.15) is 0 Å². The molecule has 2 aromatic heterocycles. The van der Waals surface area contributed by atoms with Gasteiger partial charge in [0, 0.05) is 24.3 Å². The number of aromatic amines is 1. The molecule has 0 bridgehead atoms. The first-order valence-electron chi connectivity index (χ1n) is 10.4. The fourth-order valence-corrected chi connectivity index (χ4v) is 3.95. The molecule has 0 saturated carbocycles. The molecule has 0 aliphatic carbocycles. The molecule has 160 valence electrons. The van der Waals surface area contributed by atoms with E-state index in [9.17, 15) is 4.79 Å². The summed E-state index contributed by atoms with van der Waals surface area (Å²) < 4.78 is 18.1. The van der Waals surface area contributed by atoms with Crippen molar-refractivity contribution in [2.75, 3.05) is 26.3 Å². The van der Waals surface area contributed by atoms with E-state index in [-0.39, 0.29) is 24.2 Å². The number of ether oxygens (including phenoxy) is 3. The maximum Gasteiger partial charge on any atom is 0.272 e. The Hall–Kier alpha value is -3.23. The van der Waals surface area contributed by atoms with Crippen LogP contribution in [0.15, 0.2) is 55.0 Å². The summed E-state index contributed by atoms with van der Waals surface area (Å²) in [7, 11) is 0. The number of H-pyrrole nitrogens is 1. The third-order valence-corrected chi connectivity index (χ3v) is 5.58. The third kappa shape index (κ3) is 4.17. The van der Waals surface area contributed by atoms with E-state index < -0.39 is 0 Å². The number of nitrogens with zero attached hydrogens (tertiary/aromatic N) is 3.